The molecule has 2 rings (SSSR count). The fourth-order valence-corrected chi connectivity index (χ4v) is 2.92. The van der Waals surface area contributed by atoms with E-state index < -0.39 is 0 Å². The molecule has 2 nitrogen and oxygen atoms in total. The molecule has 1 aliphatic carbocycles. The lowest BCUT2D eigenvalue weighted by Crippen LogP contribution is -2.28. The lowest BCUT2D eigenvalue weighted by molar-refractivity contribution is 0.659. The molecule has 118 valence electrons. The molecular formula is C18H29BrN2. The number of hydrogen-bond acceptors (Lipinski definition) is 2. The van der Waals surface area contributed by atoms with Gasteiger partial charge in [-0.25, -0.2) is 0 Å². The Morgan fingerprint density at radius 1 is 1.14 bits per heavy atom. The van der Waals surface area contributed by atoms with E-state index in [1.807, 2.05) is 0 Å². The van der Waals surface area contributed by atoms with Crippen LogP contribution in [0.25, 0.3) is 0 Å². The molecule has 0 amide bonds. The molecule has 1 aliphatic rings. The first kappa shape index (κ1) is 16.8. The monoisotopic (exact) mass is 352 g/mol. The summed E-state index contributed by atoms with van der Waals surface area (Å²) in [5.74, 6) is 0. The van der Waals surface area contributed by atoms with Crippen molar-refractivity contribution in [2.75, 3.05) is 18.0 Å². The predicted octanol–water partition coefficient (Wildman–Crippen LogP) is 5.11. The molecule has 1 N–H and O–H groups in total. The number of unbranched alkanes of at least 4 members (excludes halogenated alkanes) is 2. The maximum atomic E-state index is 3.66. The average molecular weight is 353 g/mol. The molecule has 0 atom stereocenters. The third-order valence-corrected chi connectivity index (χ3v) is 4.60. The Bertz CT molecular complexity index is 421. The van der Waals surface area contributed by atoms with Crippen LogP contribution in [0, 0.1) is 0 Å². The van der Waals surface area contributed by atoms with Crippen molar-refractivity contribution in [3.8, 4) is 0 Å². The highest BCUT2D eigenvalue weighted by molar-refractivity contribution is 9.10. The number of nitrogens with zero attached hydrogens (tertiary/aromatic N) is 1. The molecule has 1 aromatic rings. The van der Waals surface area contributed by atoms with E-state index in [0.29, 0.717) is 0 Å². The van der Waals surface area contributed by atoms with Gasteiger partial charge >= 0.3 is 0 Å². The van der Waals surface area contributed by atoms with Gasteiger partial charge in [-0.1, -0.05) is 48.7 Å². The summed E-state index contributed by atoms with van der Waals surface area (Å²) in [6.45, 7) is 7.89. The van der Waals surface area contributed by atoms with Crippen LogP contribution in [0.5, 0.6) is 0 Å². The maximum absolute atomic E-state index is 3.66. The summed E-state index contributed by atoms with van der Waals surface area (Å²) >= 11 is 3.65. The van der Waals surface area contributed by atoms with E-state index in [1.165, 1.54) is 67.3 Å². The van der Waals surface area contributed by atoms with Crippen molar-refractivity contribution >= 4 is 21.6 Å². The lowest BCUT2D eigenvalue weighted by atomic mass is 10.1. The fraction of sp³-hybridized carbons (Fsp3) is 0.667. The van der Waals surface area contributed by atoms with E-state index in [-0.39, 0.29) is 0 Å². The quantitative estimate of drug-likeness (QED) is 0.629. The third kappa shape index (κ3) is 5.63. The van der Waals surface area contributed by atoms with E-state index in [2.05, 4.69) is 58.2 Å². The zero-order chi connectivity index (χ0) is 15.1. The number of rotatable bonds is 10. The van der Waals surface area contributed by atoms with Gasteiger partial charge in [0.25, 0.3) is 0 Å². The molecule has 0 heterocycles. The minimum atomic E-state index is 0.765. The van der Waals surface area contributed by atoms with Crippen LogP contribution >= 0.6 is 15.9 Å². The number of nitrogens with one attached hydrogen (secondary N) is 1. The van der Waals surface area contributed by atoms with Gasteiger partial charge in [0.05, 0.1) is 0 Å². The Kier molecular flexibility index (Phi) is 7.05. The number of benzene rings is 1. The third-order valence-electron chi connectivity index (χ3n) is 4.11. The molecule has 0 unspecified atom stereocenters. The van der Waals surface area contributed by atoms with Crippen molar-refractivity contribution in [3.63, 3.8) is 0 Å². The molecule has 0 aromatic heterocycles. The van der Waals surface area contributed by atoms with Gasteiger partial charge in [-0.3, -0.25) is 0 Å². The Morgan fingerprint density at radius 2 is 1.81 bits per heavy atom. The largest absolute Gasteiger partial charge is 0.371 e. The first-order valence-electron chi connectivity index (χ1n) is 8.51. The van der Waals surface area contributed by atoms with Gasteiger partial charge in [-0.15, -0.1) is 0 Å². The molecule has 0 radical (unpaired) electrons. The predicted molar refractivity (Wildman–Crippen MR) is 96.0 cm³/mol. The Hall–Kier alpha value is -0.540. The summed E-state index contributed by atoms with van der Waals surface area (Å²) in [4.78, 5) is 2.58. The summed E-state index contributed by atoms with van der Waals surface area (Å²) < 4.78 is 1.19. The van der Waals surface area contributed by atoms with Crippen molar-refractivity contribution in [2.45, 2.75) is 65.0 Å². The minimum Gasteiger partial charge on any atom is -0.371 e. The van der Waals surface area contributed by atoms with Crippen LogP contribution in [0.15, 0.2) is 22.7 Å². The zero-order valence-electron chi connectivity index (χ0n) is 13.5. The topological polar surface area (TPSA) is 15.3 Å². The first-order valence-corrected chi connectivity index (χ1v) is 9.30. The minimum absolute atomic E-state index is 0.765. The van der Waals surface area contributed by atoms with E-state index in [1.54, 1.807) is 0 Å². The van der Waals surface area contributed by atoms with Gasteiger partial charge in [-0.05, 0) is 43.4 Å². The van der Waals surface area contributed by atoms with Crippen LogP contribution in [0.2, 0.25) is 0 Å². The summed E-state index contributed by atoms with van der Waals surface area (Å²) in [5.41, 5.74) is 2.86. The van der Waals surface area contributed by atoms with Crippen LogP contribution in [-0.4, -0.2) is 19.1 Å². The van der Waals surface area contributed by atoms with Crippen LogP contribution in [0.3, 0.4) is 0 Å². The molecule has 0 bridgehead atoms. The highest BCUT2D eigenvalue weighted by atomic mass is 79.9. The van der Waals surface area contributed by atoms with Crippen LogP contribution in [0.4, 0.5) is 5.69 Å². The summed E-state index contributed by atoms with van der Waals surface area (Å²) in [6.07, 6.45) is 7.75. The average Bonchev–Trinajstić information content (AvgIpc) is 3.30. The van der Waals surface area contributed by atoms with Gasteiger partial charge in [0.15, 0.2) is 0 Å². The molecule has 1 saturated carbocycles. The Labute approximate surface area is 138 Å². The van der Waals surface area contributed by atoms with E-state index in [9.17, 15) is 0 Å². The van der Waals surface area contributed by atoms with Gasteiger partial charge < -0.3 is 10.2 Å². The molecule has 1 fully saturated rings. The van der Waals surface area contributed by atoms with Gasteiger partial charge in [0.2, 0.25) is 0 Å². The molecule has 21 heavy (non-hydrogen) atoms. The summed E-state index contributed by atoms with van der Waals surface area (Å²) in [6, 6.07) is 7.52. The van der Waals surface area contributed by atoms with Crippen molar-refractivity contribution in [3.05, 3.63) is 28.2 Å². The van der Waals surface area contributed by atoms with Gasteiger partial charge in [0, 0.05) is 35.8 Å². The van der Waals surface area contributed by atoms with Crippen molar-refractivity contribution in [2.24, 2.45) is 0 Å². The Morgan fingerprint density at radius 3 is 2.38 bits per heavy atom. The van der Waals surface area contributed by atoms with Crippen molar-refractivity contribution in [1.82, 2.24) is 5.32 Å². The van der Waals surface area contributed by atoms with Gasteiger partial charge in [-0.2, -0.15) is 0 Å². The smallest absolute Gasteiger partial charge is 0.0423 e. The zero-order valence-corrected chi connectivity index (χ0v) is 15.1. The number of halogens is 1. The molecule has 0 saturated heterocycles. The summed E-state index contributed by atoms with van der Waals surface area (Å²) in [5, 5.41) is 3.66. The molecule has 0 spiro atoms. The second-order valence-electron chi connectivity index (χ2n) is 6.12. The highest BCUT2D eigenvalue weighted by Gasteiger charge is 2.21. The van der Waals surface area contributed by atoms with Crippen LogP contribution < -0.4 is 10.2 Å². The van der Waals surface area contributed by atoms with E-state index in [0.717, 1.165) is 12.6 Å². The van der Waals surface area contributed by atoms with Crippen molar-refractivity contribution < 1.29 is 0 Å². The molecule has 0 aliphatic heterocycles. The normalized spacial score (nSPS) is 14.4. The fourth-order valence-electron chi connectivity index (χ4n) is 2.57. The first-order chi connectivity index (χ1) is 10.2. The van der Waals surface area contributed by atoms with Gasteiger partial charge in [0.1, 0.15) is 0 Å². The number of anilines is 1. The molecule has 3 heteroatoms. The second-order valence-corrected chi connectivity index (χ2v) is 7.04. The van der Waals surface area contributed by atoms with Crippen LogP contribution in [-0.2, 0) is 6.54 Å². The van der Waals surface area contributed by atoms with Crippen LogP contribution in [0.1, 0.15) is 57.9 Å². The van der Waals surface area contributed by atoms with Crippen molar-refractivity contribution in [1.29, 1.82) is 0 Å². The van der Waals surface area contributed by atoms with E-state index in [4.69, 9.17) is 0 Å². The number of hydrogen-bond donors (Lipinski definition) is 1. The van der Waals surface area contributed by atoms with E-state index >= 15 is 0 Å². The highest BCUT2D eigenvalue weighted by Crippen LogP contribution is 2.27. The standard InChI is InChI=1S/C18H29BrN2/c1-3-5-11-21(12-6-4-2)18-13-16(19)8-7-15(18)14-20-17-9-10-17/h7-8,13,17,20H,3-6,9-12,14H2,1-2H3. The second kappa shape index (κ2) is 8.79. The summed E-state index contributed by atoms with van der Waals surface area (Å²) in [7, 11) is 0. The SMILES string of the molecule is CCCCN(CCCC)c1cc(Br)ccc1CNC1CC1. The lowest BCUT2D eigenvalue weighted by Gasteiger charge is -2.27. The maximum Gasteiger partial charge on any atom is 0.0423 e. The molecule has 1 aromatic carbocycles. The Balaban J connectivity index is 2.11. The molecular weight excluding hydrogens is 324 g/mol.